The van der Waals surface area contributed by atoms with Crippen molar-refractivity contribution >= 4 is 17.6 Å². The highest BCUT2D eigenvalue weighted by Gasteiger charge is 2.46. The van der Waals surface area contributed by atoms with E-state index in [-0.39, 0.29) is 43.4 Å². The average Bonchev–Trinajstić information content (AvgIpc) is 3.78. The van der Waals surface area contributed by atoms with Crippen LogP contribution in [0.4, 0.5) is 22.4 Å². The number of alkyl halides is 4. The first kappa shape index (κ1) is 28.6. The van der Waals surface area contributed by atoms with Crippen LogP contribution in [0, 0.1) is 17.8 Å². The maximum atomic E-state index is 14.5. The molecule has 0 spiro atoms. The maximum Gasteiger partial charge on any atom is 0.408 e. The standard InChI is InChI=1S/C28H37F4N5O3/c1-26(2,3)40-25(39)36-23(18-8-10-27(29,30)11-9-18)20-15-37-21(34-20)12-19(14-33-37)22(17-6-7-17)35-24(38)28(31,32)13-16-4-5-16/h12,14-18,22-23H,4-11,13H2,1-3H3,(H,35,38)(H,36,39)/t22?,23-/m0/s1. The van der Waals surface area contributed by atoms with E-state index in [1.54, 1.807) is 33.0 Å². The largest absolute Gasteiger partial charge is 0.444 e. The van der Waals surface area contributed by atoms with Crippen LogP contribution in [0.3, 0.4) is 0 Å². The first-order valence-corrected chi connectivity index (χ1v) is 14.1. The van der Waals surface area contributed by atoms with Crippen molar-refractivity contribution in [2.24, 2.45) is 17.8 Å². The quantitative estimate of drug-likeness (QED) is 0.356. The first-order chi connectivity index (χ1) is 18.7. The predicted molar refractivity (Wildman–Crippen MR) is 138 cm³/mol. The minimum atomic E-state index is -3.43. The Balaban J connectivity index is 1.38. The molecule has 1 unspecified atom stereocenters. The Morgan fingerprint density at radius 3 is 2.30 bits per heavy atom. The number of carbonyl (C=O) groups is 2. The van der Waals surface area contributed by atoms with E-state index in [1.807, 2.05) is 0 Å². The van der Waals surface area contributed by atoms with Crippen molar-refractivity contribution in [3.8, 4) is 0 Å². The number of alkyl carbamates (subject to hydrolysis) is 1. The van der Waals surface area contributed by atoms with E-state index in [9.17, 15) is 27.2 Å². The molecule has 8 nitrogen and oxygen atoms in total. The monoisotopic (exact) mass is 567 g/mol. The molecule has 12 heteroatoms. The van der Waals surface area contributed by atoms with E-state index in [0.29, 0.717) is 16.9 Å². The molecule has 0 aromatic carbocycles. The van der Waals surface area contributed by atoms with Gasteiger partial charge in [-0.05, 0) is 88.7 Å². The van der Waals surface area contributed by atoms with Gasteiger partial charge in [-0.15, -0.1) is 0 Å². The molecule has 40 heavy (non-hydrogen) atoms. The zero-order valence-corrected chi connectivity index (χ0v) is 23.1. The molecular weight excluding hydrogens is 530 g/mol. The molecular formula is C28H37F4N5O3. The average molecular weight is 568 g/mol. The Morgan fingerprint density at radius 2 is 1.70 bits per heavy atom. The fraction of sp³-hybridized carbons (Fsp3) is 0.714. The second-order valence-electron chi connectivity index (χ2n) is 12.7. The van der Waals surface area contributed by atoms with Crippen LogP contribution in [0.25, 0.3) is 5.65 Å². The van der Waals surface area contributed by atoms with Crippen LogP contribution in [0.1, 0.15) is 102 Å². The Morgan fingerprint density at radius 1 is 1.05 bits per heavy atom. The summed E-state index contributed by atoms with van der Waals surface area (Å²) in [6.07, 6.45) is 4.94. The summed E-state index contributed by atoms with van der Waals surface area (Å²) in [7, 11) is 0. The summed E-state index contributed by atoms with van der Waals surface area (Å²) in [5.74, 6) is -7.78. The third-order valence-electron chi connectivity index (χ3n) is 7.90. The number of nitrogens with one attached hydrogen (secondary N) is 2. The van der Waals surface area contributed by atoms with Crippen LogP contribution in [-0.4, -0.2) is 44.0 Å². The molecule has 3 aliphatic rings. The number of fused-ring (bicyclic) bond motifs is 1. The number of amides is 2. The molecule has 3 aliphatic carbocycles. The molecule has 5 rings (SSSR count). The minimum Gasteiger partial charge on any atom is -0.444 e. The molecule has 3 saturated carbocycles. The summed E-state index contributed by atoms with van der Waals surface area (Å²) in [5.41, 5.74) is 0.654. The van der Waals surface area contributed by atoms with Gasteiger partial charge in [0.25, 0.3) is 5.91 Å². The Labute approximate surface area is 230 Å². The molecule has 220 valence electrons. The van der Waals surface area contributed by atoms with E-state index in [1.165, 1.54) is 10.7 Å². The number of rotatable bonds is 9. The normalized spacial score (nSPS) is 21.6. The summed E-state index contributed by atoms with van der Waals surface area (Å²) >= 11 is 0. The third-order valence-corrected chi connectivity index (χ3v) is 7.90. The predicted octanol–water partition coefficient (Wildman–Crippen LogP) is 6.12. The smallest absolute Gasteiger partial charge is 0.408 e. The highest BCUT2D eigenvalue weighted by Crippen LogP contribution is 2.44. The molecule has 0 aliphatic heterocycles. The lowest BCUT2D eigenvalue weighted by Gasteiger charge is -2.33. The molecule has 0 saturated heterocycles. The van der Waals surface area contributed by atoms with Gasteiger partial charge in [0.05, 0.1) is 30.2 Å². The van der Waals surface area contributed by atoms with Gasteiger partial charge in [0.1, 0.15) is 5.60 Å². The van der Waals surface area contributed by atoms with E-state index in [4.69, 9.17) is 4.74 Å². The van der Waals surface area contributed by atoms with Gasteiger partial charge >= 0.3 is 12.0 Å². The Kier molecular flexibility index (Phi) is 7.50. The number of nitrogens with zero attached hydrogens (tertiary/aromatic N) is 3. The molecule has 2 heterocycles. The van der Waals surface area contributed by atoms with E-state index < -0.39 is 48.0 Å². The number of aromatic nitrogens is 3. The second kappa shape index (κ2) is 10.5. The van der Waals surface area contributed by atoms with Crippen LogP contribution < -0.4 is 10.6 Å². The zero-order chi connectivity index (χ0) is 28.9. The van der Waals surface area contributed by atoms with Gasteiger partial charge in [0.15, 0.2) is 5.65 Å². The summed E-state index contributed by atoms with van der Waals surface area (Å²) in [6, 6.07) is 0.390. The summed E-state index contributed by atoms with van der Waals surface area (Å²) in [4.78, 5) is 29.8. The molecule has 3 fully saturated rings. The number of hydrogen-bond donors (Lipinski definition) is 2. The van der Waals surface area contributed by atoms with E-state index in [0.717, 1.165) is 25.7 Å². The lowest BCUT2D eigenvalue weighted by Crippen LogP contribution is -2.43. The second-order valence-corrected chi connectivity index (χ2v) is 12.7. The number of ether oxygens (including phenoxy) is 1. The van der Waals surface area contributed by atoms with Gasteiger partial charge in [-0.2, -0.15) is 13.9 Å². The van der Waals surface area contributed by atoms with Crippen LogP contribution in [-0.2, 0) is 9.53 Å². The van der Waals surface area contributed by atoms with Crippen molar-refractivity contribution in [2.75, 3.05) is 0 Å². The first-order valence-electron chi connectivity index (χ1n) is 14.1. The molecule has 2 atom stereocenters. The number of hydrogen-bond acceptors (Lipinski definition) is 5. The van der Waals surface area contributed by atoms with Gasteiger partial charge in [-0.3, -0.25) is 4.79 Å². The maximum absolute atomic E-state index is 14.5. The van der Waals surface area contributed by atoms with Crippen molar-refractivity contribution < 1.29 is 31.9 Å². The van der Waals surface area contributed by atoms with Crippen molar-refractivity contribution in [2.45, 2.75) is 108 Å². The van der Waals surface area contributed by atoms with Gasteiger partial charge in [0, 0.05) is 19.3 Å². The summed E-state index contributed by atoms with van der Waals surface area (Å²) in [5, 5.41) is 9.79. The molecule has 2 amide bonds. The third kappa shape index (κ3) is 7.04. The van der Waals surface area contributed by atoms with Gasteiger partial charge in [-0.1, -0.05) is 0 Å². The SMILES string of the molecule is CC(C)(C)OC(=O)N[C@H](c1cn2ncc(C(NC(=O)C(F)(F)CC3CC3)C3CC3)cc2n1)C1CCC(F)(F)CC1. The minimum absolute atomic E-state index is 0.0323. The Bertz CT molecular complexity index is 1240. The van der Waals surface area contributed by atoms with Crippen molar-refractivity contribution in [1.82, 2.24) is 25.2 Å². The van der Waals surface area contributed by atoms with E-state index in [2.05, 4.69) is 20.7 Å². The molecule has 2 N–H and O–H groups in total. The summed E-state index contributed by atoms with van der Waals surface area (Å²) in [6.45, 7) is 5.20. The van der Waals surface area contributed by atoms with Crippen LogP contribution in [0.5, 0.6) is 0 Å². The van der Waals surface area contributed by atoms with Crippen molar-refractivity contribution in [1.29, 1.82) is 0 Å². The van der Waals surface area contributed by atoms with Gasteiger partial charge in [0.2, 0.25) is 5.92 Å². The van der Waals surface area contributed by atoms with Crippen LogP contribution in [0.15, 0.2) is 18.5 Å². The summed E-state index contributed by atoms with van der Waals surface area (Å²) < 4.78 is 63.7. The lowest BCUT2D eigenvalue weighted by molar-refractivity contribution is -0.148. The number of halogens is 4. The molecule has 2 aromatic heterocycles. The van der Waals surface area contributed by atoms with Gasteiger partial charge < -0.3 is 15.4 Å². The highest BCUT2D eigenvalue weighted by molar-refractivity contribution is 5.84. The van der Waals surface area contributed by atoms with E-state index >= 15 is 0 Å². The fourth-order valence-corrected chi connectivity index (χ4v) is 5.42. The lowest BCUT2D eigenvalue weighted by atomic mass is 9.81. The van der Waals surface area contributed by atoms with Crippen LogP contribution >= 0.6 is 0 Å². The zero-order valence-electron chi connectivity index (χ0n) is 23.1. The topological polar surface area (TPSA) is 97.6 Å². The molecule has 2 aromatic rings. The van der Waals surface area contributed by atoms with Crippen molar-refractivity contribution in [3.05, 3.63) is 29.7 Å². The van der Waals surface area contributed by atoms with Crippen LogP contribution in [0.2, 0.25) is 0 Å². The number of imidazole rings is 1. The Hall–Kier alpha value is -2.92. The van der Waals surface area contributed by atoms with Gasteiger partial charge in [-0.25, -0.2) is 23.1 Å². The fourth-order valence-electron chi connectivity index (χ4n) is 5.42. The molecule has 0 bridgehead atoms. The highest BCUT2D eigenvalue weighted by atomic mass is 19.3. The molecule has 0 radical (unpaired) electrons. The number of carbonyl (C=O) groups excluding carboxylic acids is 2. The van der Waals surface area contributed by atoms with Crippen molar-refractivity contribution in [3.63, 3.8) is 0 Å².